The predicted molar refractivity (Wildman–Crippen MR) is 110 cm³/mol. The lowest BCUT2D eigenvalue weighted by molar-refractivity contribution is 0.0494. The van der Waals surface area contributed by atoms with Crippen molar-refractivity contribution in [3.05, 3.63) is 65.2 Å². The molecular formula is C23H32N2O2. The summed E-state index contributed by atoms with van der Waals surface area (Å²) >= 11 is 0. The van der Waals surface area contributed by atoms with E-state index < -0.39 is 0 Å². The number of rotatable bonds is 8. The highest BCUT2D eigenvalue weighted by molar-refractivity contribution is 5.33. The Morgan fingerprint density at radius 2 is 1.81 bits per heavy atom. The van der Waals surface area contributed by atoms with Crippen molar-refractivity contribution in [2.75, 3.05) is 32.8 Å². The first kappa shape index (κ1) is 19.9. The summed E-state index contributed by atoms with van der Waals surface area (Å²) in [4.78, 5) is 5.01. The van der Waals surface area contributed by atoms with Crippen LogP contribution in [0.15, 0.2) is 48.5 Å². The standard InChI is InChI=1S/C23H32N2O2/c1-3-27-23-7-5-4-6-21(23)17-25-14-13-24(18-22(25)12-15-26)16-20-10-8-19(2)9-11-20/h4-11,22,26H,3,12-18H2,1-2H3/t22-/m0/s1. The molecule has 146 valence electrons. The van der Waals surface area contributed by atoms with Gasteiger partial charge in [-0.2, -0.15) is 0 Å². The Morgan fingerprint density at radius 1 is 1.04 bits per heavy atom. The fraction of sp³-hybridized carbons (Fsp3) is 0.478. The molecule has 0 unspecified atom stereocenters. The zero-order valence-electron chi connectivity index (χ0n) is 16.6. The minimum atomic E-state index is 0.229. The molecule has 1 saturated heterocycles. The van der Waals surface area contributed by atoms with Gasteiger partial charge in [0.25, 0.3) is 0 Å². The molecule has 0 amide bonds. The highest BCUT2D eigenvalue weighted by Gasteiger charge is 2.27. The number of hydrogen-bond acceptors (Lipinski definition) is 4. The lowest BCUT2D eigenvalue weighted by Gasteiger charge is -2.41. The molecule has 4 heteroatoms. The molecule has 0 aliphatic carbocycles. The zero-order chi connectivity index (χ0) is 19.1. The van der Waals surface area contributed by atoms with Crippen LogP contribution >= 0.6 is 0 Å². The average Bonchev–Trinajstić information content (AvgIpc) is 2.67. The molecule has 27 heavy (non-hydrogen) atoms. The Bertz CT molecular complexity index is 702. The van der Waals surface area contributed by atoms with E-state index >= 15 is 0 Å². The molecule has 0 aromatic heterocycles. The molecule has 1 N–H and O–H groups in total. The van der Waals surface area contributed by atoms with E-state index in [2.05, 4.69) is 53.1 Å². The van der Waals surface area contributed by atoms with Crippen molar-refractivity contribution in [3.8, 4) is 5.75 Å². The van der Waals surface area contributed by atoms with Gasteiger partial charge in [0.05, 0.1) is 6.61 Å². The Labute approximate surface area is 163 Å². The minimum absolute atomic E-state index is 0.229. The van der Waals surface area contributed by atoms with Crippen LogP contribution in [0.4, 0.5) is 0 Å². The van der Waals surface area contributed by atoms with Crippen molar-refractivity contribution in [3.63, 3.8) is 0 Å². The molecule has 0 saturated carbocycles. The molecule has 1 aliphatic heterocycles. The van der Waals surface area contributed by atoms with E-state index in [1.807, 2.05) is 19.1 Å². The number of ether oxygens (including phenoxy) is 1. The second-order valence-electron chi connectivity index (χ2n) is 7.40. The second-order valence-corrected chi connectivity index (χ2v) is 7.40. The lowest BCUT2D eigenvalue weighted by atomic mass is 10.1. The van der Waals surface area contributed by atoms with Gasteiger partial charge in [-0.3, -0.25) is 9.80 Å². The summed E-state index contributed by atoms with van der Waals surface area (Å²) in [6.07, 6.45) is 0.807. The number of hydrogen-bond donors (Lipinski definition) is 1. The van der Waals surface area contributed by atoms with Gasteiger partial charge in [0.15, 0.2) is 0 Å². The lowest BCUT2D eigenvalue weighted by Crippen LogP contribution is -2.52. The largest absolute Gasteiger partial charge is 0.494 e. The molecule has 1 atom stereocenters. The van der Waals surface area contributed by atoms with Crippen molar-refractivity contribution in [1.29, 1.82) is 0 Å². The van der Waals surface area contributed by atoms with E-state index in [1.165, 1.54) is 16.7 Å². The van der Waals surface area contributed by atoms with Crippen LogP contribution in [0.1, 0.15) is 30.0 Å². The van der Waals surface area contributed by atoms with Crippen LogP contribution in [-0.4, -0.2) is 53.8 Å². The highest BCUT2D eigenvalue weighted by atomic mass is 16.5. The van der Waals surface area contributed by atoms with Gasteiger partial charge in [-0.25, -0.2) is 0 Å². The number of benzene rings is 2. The smallest absolute Gasteiger partial charge is 0.123 e. The SMILES string of the molecule is CCOc1ccccc1CN1CCN(Cc2ccc(C)cc2)C[C@@H]1CCO. The summed E-state index contributed by atoms with van der Waals surface area (Å²) in [7, 11) is 0. The normalized spacial score (nSPS) is 18.6. The molecule has 2 aromatic carbocycles. The quantitative estimate of drug-likeness (QED) is 0.774. The van der Waals surface area contributed by atoms with Crippen molar-refractivity contribution >= 4 is 0 Å². The number of aryl methyl sites for hydroxylation is 1. The summed E-state index contributed by atoms with van der Waals surface area (Å²) in [5.74, 6) is 0.977. The third kappa shape index (κ3) is 5.55. The zero-order valence-corrected chi connectivity index (χ0v) is 16.6. The summed E-state index contributed by atoms with van der Waals surface area (Å²) < 4.78 is 5.80. The molecule has 0 spiro atoms. The summed E-state index contributed by atoms with van der Waals surface area (Å²) in [6, 6.07) is 17.5. The molecule has 0 bridgehead atoms. The van der Waals surface area contributed by atoms with Crippen LogP contribution in [0, 0.1) is 6.92 Å². The van der Waals surface area contributed by atoms with Crippen LogP contribution in [0.5, 0.6) is 5.75 Å². The number of nitrogens with zero attached hydrogens (tertiary/aromatic N) is 2. The molecule has 4 nitrogen and oxygen atoms in total. The number of aliphatic hydroxyl groups is 1. The maximum absolute atomic E-state index is 9.58. The van der Waals surface area contributed by atoms with Crippen LogP contribution in [0.2, 0.25) is 0 Å². The molecule has 2 aromatic rings. The Balaban J connectivity index is 1.65. The molecule has 1 aliphatic rings. The van der Waals surface area contributed by atoms with Gasteiger partial charge in [-0.1, -0.05) is 48.0 Å². The van der Waals surface area contributed by atoms with Gasteiger partial charge in [0.1, 0.15) is 5.75 Å². The van der Waals surface area contributed by atoms with E-state index in [0.717, 1.165) is 44.9 Å². The third-order valence-electron chi connectivity index (χ3n) is 5.32. The first-order valence-electron chi connectivity index (χ1n) is 10.0. The predicted octanol–water partition coefficient (Wildman–Crippen LogP) is 3.46. The first-order valence-corrected chi connectivity index (χ1v) is 10.0. The Hall–Kier alpha value is -1.88. The fourth-order valence-electron chi connectivity index (χ4n) is 3.83. The van der Waals surface area contributed by atoms with Crippen LogP contribution in [-0.2, 0) is 13.1 Å². The topological polar surface area (TPSA) is 35.9 Å². The van der Waals surface area contributed by atoms with Crippen molar-refractivity contribution in [2.24, 2.45) is 0 Å². The average molecular weight is 369 g/mol. The van der Waals surface area contributed by atoms with E-state index in [9.17, 15) is 5.11 Å². The van der Waals surface area contributed by atoms with Crippen molar-refractivity contribution < 1.29 is 9.84 Å². The number of piperazine rings is 1. The van der Waals surface area contributed by atoms with Crippen LogP contribution < -0.4 is 4.74 Å². The molecule has 1 fully saturated rings. The summed E-state index contributed by atoms with van der Waals surface area (Å²) in [5, 5.41) is 9.58. The van der Waals surface area contributed by atoms with Gasteiger partial charge in [-0.05, 0) is 31.9 Å². The Kier molecular flexibility index (Phi) is 7.27. The van der Waals surface area contributed by atoms with E-state index in [1.54, 1.807) is 0 Å². The van der Waals surface area contributed by atoms with Crippen molar-refractivity contribution in [2.45, 2.75) is 39.4 Å². The maximum Gasteiger partial charge on any atom is 0.123 e. The highest BCUT2D eigenvalue weighted by Crippen LogP contribution is 2.24. The molecule has 1 heterocycles. The molecular weight excluding hydrogens is 336 g/mol. The van der Waals surface area contributed by atoms with Gasteiger partial charge < -0.3 is 9.84 Å². The van der Waals surface area contributed by atoms with Crippen molar-refractivity contribution in [1.82, 2.24) is 9.80 Å². The molecule has 3 rings (SSSR count). The van der Waals surface area contributed by atoms with Gasteiger partial charge in [0, 0.05) is 50.9 Å². The van der Waals surface area contributed by atoms with Gasteiger partial charge >= 0.3 is 0 Å². The maximum atomic E-state index is 9.58. The molecule has 0 radical (unpaired) electrons. The minimum Gasteiger partial charge on any atom is -0.494 e. The van der Waals surface area contributed by atoms with Crippen LogP contribution in [0.3, 0.4) is 0 Å². The summed E-state index contributed by atoms with van der Waals surface area (Å²) in [6.45, 7) is 9.96. The van der Waals surface area contributed by atoms with E-state index in [-0.39, 0.29) is 6.61 Å². The Morgan fingerprint density at radius 3 is 2.56 bits per heavy atom. The van der Waals surface area contributed by atoms with E-state index in [0.29, 0.717) is 12.6 Å². The second kappa shape index (κ2) is 9.88. The van der Waals surface area contributed by atoms with Gasteiger partial charge in [0.2, 0.25) is 0 Å². The monoisotopic (exact) mass is 368 g/mol. The van der Waals surface area contributed by atoms with Gasteiger partial charge in [-0.15, -0.1) is 0 Å². The number of para-hydroxylation sites is 1. The summed E-state index contributed by atoms with van der Waals surface area (Å²) in [5.41, 5.74) is 3.89. The fourth-order valence-corrected chi connectivity index (χ4v) is 3.83. The van der Waals surface area contributed by atoms with Crippen LogP contribution in [0.25, 0.3) is 0 Å². The first-order chi connectivity index (χ1) is 13.2. The third-order valence-corrected chi connectivity index (χ3v) is 5.32. The number of aliphatic hydroxyl groups excluding tert-OH is 1. The van der Waals surface area contributed by atoms with E-state index in [4.69, 9.17) is 4.74 Å².